The van der Waals surface area contributed by atoms with Gasteiger partial charge in [0.25, 0.3) is 0 Å². The fourth-order valence-electron chi connectivity index (χ4n) is 0.837. The van der Waals surface area contributed by atoms with Crippen LogP contribution in [-0.2, 0) is 4.74 Å². The van der Waals surface area contributed by atoms with Crippen molar-refractivity contribution >= 4 is 5.97 Å². The van der Waals surface area contributed by atoms with E-state index in [1.807, 2.05) is 6.07 Å². The van der Waals surface area contributed by atoms with E-state index in [1.54, 1.807) is 31.2 Å². The lowest BCUT2D eigenvalue weighted by Gasteiger charge is -2.06. The molecule has 1 aromatic rings. The lowest BCUT2D eigenvalue weighted by Crippen LogP contribution is -2.12. The first-order chi connectivity index (χ1) is 6.24. The predicted molar refractivity (Wildman–Crippen MR) is 50.2 cm³/mol. The molecule has 13 heavy (non-hydrogen) atoms. The quantitative estimate of drug-likeness (QED) is 0.505. The number of esters is 1. The number of terminal acetylenes is 1. The maximum atomic E-state index is 11.3. The van der Waals surface area contributed by atoms with Crippen molar-refractivity contribution in [2.24, 2.45) is 0 Å². The summed E-state index contributed by atoms with van der Waals surface area (Å²) in [5.74, 6) is 1.94. The third-order valence-electron chi connectivity index (χ3n) is 1.53. The Kier molecular flexibility index (Phi) is 3.10. The van der Waals surface area contributed by atoms with Crippen LogP contribution in [-0.4, -0.2) is 12.1 Å². The van der Waals surface area contributed by atoms with Crippen LogP contribution in [0.15, 0.2) is 30.3 Å². The molecule has 0 aliphatic heterocycles. The minimum absolute atomic E-state index is 0.383. The van der Waals surface area contributed by atoms with Crippen molar-refractivity contribution in [1.29, 1.82) is 0 Å². The van der Waals surface area contributed by atoms with E-state index >= 15 is 0 Å². The Balaban J connectivity index is 2.66. The molecular formula is C11H10O2. The molecule has 0 fully saturated rings. The molecule has 0 spiro atoms. The first-order valence-corrected chi connectivity index (χ1v) is 3.96. The fraction of sp³-hybridized carbons (Fsp3) is 0.182. The predicted octanol–water partition coefficient (Wildman–Crippen LogP) is 1.87. The van der Waals surface area contributed by atoms with E-state index in [1.165, 1.54) is 0 Å². The van der Waals surface area contributed by atoms with Gasteiger partial charge in [0.1, 0.15) is 0 Å². The summed E-state index contributed by atoms with van der Waals surface area (Å²) < 4.78 is 4.91. The number of benzene rings is 1. The van der Waals surface area contributed by atoms with Crippen molar-refractivity contribution in [3.8, 4) is 12.3 Å². The molecule has 1 aromatic carbocycles. The van der Waals surface area contributed by atoms with E-state index < -0.39 is 6.10 Å². The highest BCUT2D eigenvalue weighted by molar-refractivity contribution is 5.89. The normalized spacial score (nSPS) is 11.4. The van der Waals surface area contributed by atoms with Crippen LogP contribution in [0.25, 0.3) is 0 Å². The Morgan fingerprint density at radius 2 is 2.08 bits per heavy atom. The van der Waals surface area contributed by atoms with Gasteiger partial charge in [-0.15, -0.1) is 6.42 Å². The molecule has 2 heteroatoms. The Morgan fingerprint density at radius 1 is 1.46 bits per heavy atom. The van der Waals surface area contributed by atoms with Crippen molar-refractivity contribution in [2.75, 3.05) is 0 Å². The number of hydrogen-bond acceptors (Lipinski definition) is 2. The van der Waals surface area contributed by atoms with Gasteiger partial charge in [-0.05, 0) is 19.1 Å². The van der Waals surface area contributed by atoms with Gasteiger partial charge in [-0.2, -0.15) is 0 Å². The lowest BCUT2D eigenvalue weighted by molar-refractivity contribution is 0.0439. The van der Waals surface area contributed by atoms with Crippen LogP contribution in [0.3, 0.4) is 0 Å². The summed E-state index contributed by atoms with van der Waals surface area (Å²) in [5, 5.41) is 0. The summed E-state index contributed by atoms with van der Waals surface area (Å²) in [5.41, 5.74) is 0.518. The number of rotatable bonds is 2. The summed E-state index contributed by atoms with van der Waals surface area (Å²) in [7, 11) is 0. The second-order valence-electron chi connectivity index (χ2n) is 2.58. The zero-order valence-corrected chi connectivity index (χ0v) is 7.36. The van der Waals surface area contributed by atoms with Crippen molar-refractivity contribution in [1.82, 2.24) is 0 Å². The monoisotopic (exact) mass is 174 g/mol. The zero-order chi connectivity index (χ0) is 9.68. The fourth-order valence-corrected chi connectivity index (χ4v) is 0.837. The SMILES string of the molecule is C#C[C@@H](C)OC(=O)c1ccccc1. The third kappa shape index (κ3) is 2.64. The van der Waals surface area contributed by atoms with Gasteiger partial charge >= 0.3 is 5.97 Å². The molecule has 0 saturated carbocycles. The highest BCUT2D eigenvalue weighted by Crippen LogP contribution is 2.02. The molecule has 0 unspecified atom stereocenters. The van der Waals surface area contributed by atoms with Crippen LogP contribution in [0.2, 0.25) is 0 Å². The topological polar surface area (TPSA) is 26.3 Å². The molecule has 0 amide bonds. The van der Waals surface area contributed by atoms with Gasteiger partial charge in [0.05, 0.1) is 5.56 Å². The van der Waals surface area contributed by atoms with Gasteiger partial charge in [0.15, 0.2) is 6.10 Å². The van der Waals surface area contributed by atoms with E-state index in [9.17, 15) is 4.79 Å². The van der Waals surface area contributed by atoms with Gasteiger partial charge in [0.2, 0.25) is 0 Å². The lowest BCUT2D eigenvalue weighted by atomic mass is 10.2. The van der Waals surface area contributed by atoms with Crippen LogP contribution < -0.4 is 0 Å². The van der Waals surface area contributed by atoms with E-state index in [-0.39, 0.29) is 5.97 Å². The van der Waals surface area contributed by atoms with Gasteiger partial charge < -0.3 is 4.74 Å². The van der Waals surface area contributed by atoms with E-state index in [0.29, 0.717) is 5.56 Å². The summed E-state index contributed by atoms with van der Waals surface area (Å²) in [4.78, 5) is 11.3. The average Bonchev–Trinajstić information content (AvgIpc) is 2.19. The van der Waals surface area contributed by atoms with Crippen LogP contribution in [0.5, 0.6) is 0 Å². The molecule has 1 atom stereocenters. The summed E-state index contributed by atoms with van der Waals surface area (Å²) in [6, 6.07) is 8.76. The molecule has 0 N–H and O–H groups in total. The van der Waals surface area contributed by atoms with Crippen molar-refractivity contribution in [3.05, 3.63) is 35.9 Å². The number of hydrogen-bond donors (Lipinski definition) is 0. The maximum absolute atomic E-state index is 11.3. The molecule has 66 valence electrons. The first kappa shape index (κ1) is 9.34. The van der Waals surface area contributed by atoms with Crippen molar-refractivity contribution in [2.45, 2.75) is 13.0 Å². The third-order valence-corrected chi connectivity index (χ3v) is 1.53. The van der Waals surface area contributed by atoms with Gasteiger partial charge in [-0.1, -0.05) is 24.1 Å². The molecule has 1 rings (SSSR count). The van der Waals surface area contributed by atoms with E-state index in [4.69, 9.17) is 11.2 Å². The largest absolute Gasteiger partial charge is 0.446 e. The standard InChI is InChI=1S/C11H10O2/c1-3-9(2)13-11(12)10-7-5-4-6-8-10/h1,4-9H,2H3/t9-/m1/s1. The number of ether oxygens (including phenoxy) is 1. The molecule has 0 aromatic heterocycles. The van der Waals surface area contributed by atoms with Gasteiger partial charge in [-0.3, -0.25) is 0 Å². The second kappa shape index (κ2) is 4.32. The Hall–Kier alpha value is -1.75. The van der Waals surface area contributed by atoms with Gasteiger partial charge in [0, 0.05) is 0 Å². The smallest absolute Gasteiger partial charge is 0.339 e. The molecule has 0 saturated heterocycles. The highest BCUT2D eigenvalue weighted by atomic mass is 16.5. The van der Waals surface area contributed by atoms with E-state index in [0.717, 1.165) is 0 Å². The minimum Gasteiger partial charge on any atom is -0.446 e. The zero-order valence-electron chi connectivity index (χ0n) is 7.36. The van der Waals surface area contributed by atoms with Crippen LogP contribution in [0.1, 0.15) is 17.3 Å². The average molecular weight is 174 g/mol. The molecule has 0 aliphatic rings. The maximum Gasteiger partial charge on any atom is 0.339 e. The Labute approximate surface area is 77.5 Å². The first-order valence-electron chi connectivity index (χ1n) is 3.96. The van der Waals surface area contributed by atoms with Gasteiger partial charge in [-0.25, -0.2) is 4.79 Å². The molecular weight excluding hydrogens is 164 g/mol. The Bertz CT molecular complexity index is 322. The van der Waals surface area contributed by atoms with Crippen LogP contribution in [0, 0.1) is 12.3 Å². The molecule has 0 radical (unpaired) electrons. The molecule has 2 nitrogen and oxygen atoms in total. The molecule has 0 bridgehead atoms. The molecule has 0 heterocycles. The van der Waals surface area contributed by atoms with Crippen LogP contribution >= 0.6 is 0 Å². The molecule has 0 aliphatic carbocycles. The summed E-state index contributed by atoms with van der Waals surface area (Å²) >= 11 is 0. The highest BCUT2D eigenvalue weighted by Gasteiger charge is 2.08. The number of carbonyl (C=O) groups is 1. The summed E-state index contributed by atoms with van der Waals surface area (Å²) in [6.45, 7) is 1.65. The minimum atomic E-state index is -0.479. The van der Waals surface area contributed by atoms with Crippen molar-refractivity contribution < 1.29 is 9.53 Å². The Morgan fingerprint density at radius 3 is 2.62 bits per heavy atom. The second-order valence-corrected chi connectivity index (χ2v) is 2.58. The van der Waals surface area contributed by atoms with E-state index in [2.05, 4.69) is 5.92 Å². The number of carbonyl (C=O) groups excluding carboxylic acids is 1. The summed E-state index contributed by atoms with van der Waals surface area (Å²) in [6.07, 6.45) is 4.59. The van der Waals surface area contributed by atoms with Crippen LogP contribution in [0.4, 0.5) is 0 Å². The van der Waals surface area contributed by atoms with Crippen molar-refractivity contribution in [3.63, 3.8) is 0 Å².